The Bertz CT molecular complexity index is 533. The van der Waals surface area contributed by atoms with E-state index in [0.717, 1.165) is 12.8 Å². The third-order valence-electron chi connectivity index (χ3n) is 3.74. The van der Waals surface area contributed by atoms with Crippen molar-refractivity contribution >= 4 is 11.4 Å². The Morgan fingerprint density at radius 2 is 1.57 bits per heavy atom. The van der Waals surface area contributed by atoms with Crippen LogP contribution in [0.3, 0.4) is 0 Å². The number of ether oxygens (including phenoxy) is 2. The van der Waals surface area contributed by atoms with Gasteiger partial charge in [0.05, 0.1) is 13.2 Å². The Morgan fingerprint density at radius 3 is 2.04 bits per heavy atom. The van der Waals surface area contributed by atoms with Crippen molar-refractivity contribution < 1.29 is 9.47 Å². The van der Waals surface area contributed by atoms with E-state index in [1.807, 2.05) is 4.90 Å². The summed E-state index contributed by atoms with van der Waals surface area (Å²) in [4.78, 5) is 25.7. The van der Waals surface area contributed by atoms with Gasteiger partial charge in [0.1, 0.15) is 11.4 Å². The van der Waals surface area contributed by atoms with Crippen LogP contribution in [-0.4, -0.2) is 47.1 Å². The van der Waals surface area contributed by atoms with E-state index in [1.165, 1.54) is 0 Å². The van der Waals surface area contributed by atoms with Gasteiger partial charge < -0.3 is 19.7 Å². The van der Waals surface area contributed by atoms with Gasteiger partial charge in [-0.1, -0.05) is 20.8 Å². The van der Waals surface area contributed by atoms with Crippen molar-refractivity contribution in [3.8, 4) is 0 Å². The van der Waals surface area contributed by atoms with Crippen molar-refractivity contribution in [1.82, 2.24) is 0 Å². The number of methoxy groups -OCH3 is 2. The first-order chi connectivity index (χ1) is 10.8. The second-order valence-corrected chi connectivity index (χ2v) is 6.95. The zero-order valence-corrected chi connectivity index (χ0v) is 15.0. The molecule has 132 valence electrons. The predicted octanol–water partition coefficient (Wildman–Crippen LogP) is 1.62. The maximum atomic E-state index is 12.0. The van der Waals surface area contributed by atoms with Crippen LogP contribution in [-0.2, 0) is 9.47 Å². The molecule has 0 saturated heterocycles. The van der Waals surface area contributed by atoms with E-state index >= 15 is 0 Å². The lowest BCUT2D eigenvalue weighted by molar-refractivity contribution is 0.190. The lowest BCUT2D eigenvalue weighted by atomic mass is 9.90. The van der Waals surface area contributed by atoms with Crippen LogP contribution in [0.4, 0.5) is 11.4 Å². The maximum Gasteiger partial charge on any atom is 0.253 e. The fourth-order valence-corrected chi connectivity index (χ4v) is 2.42. The Labute approximate surface area is 138 Å². The zero-order valence-electron chi connectivity index (χ0n) is 15.0. The summed E-state index contributed by atoms with van der Waals surface area (Å²) in [6.07, 6.45) is 2.01. The first kappa shape index (κ1) is 19.6. The zero-order chi connectivity index (χ0) is 17.5. The molecule has 0 amide bonds. The number of anilines is 2. The third kappa shape index (κ3) is 5.95. The molecule has 0 atom stereocenters. The van der Waals surface area contributed by atoms with Gasteiger partial charge in [0, 0.05) is 33.9 Å². The highest BCUT2D eigenvalue weighted by atomic mass is 16.5. The third-order valence-corrected chi connectivity index (χ3v) is 3.74. The van der Waals surface area contributed by atoms with E-state index in [2.05, 4.69) is 26.1 Å². The van der Waals surface area contributed by atoms with Gasteiger partial charge in [-0.05, 0) is 18.3 Å². The molecule has 6 nitrogen and oxygen atoms in total. The average Bonchev–Trinajstić information content (AvgIpc) is 2.50. The molecular weight excluding hydrogens is 296 g/mol. The highest BCUT2D eigenvalue weighted by Gasteiger charge is 2.25. The van der Waals surface area contributed by atoms with Crippen LogP contribution in [0.25, 0.3) is 0 Å². The average molecular weight is 326 g/mol. The van der Waals surface area contributed by atoms with Gasteiger partial charge >= 0.3 is 0 Å². The Morgan fingerprint density at radius 1 is 1.00 bits per heavy atom. The van der Waals surface area contributed by atoms with Gasteiger partial charge in [0.2, 0.25) is 0 Å². The summed E-state index contributed by atoms with van der Waals surface area (Å²) < 4.78 is 10.2. The molecule has 1 aromatic rings. The standard InChI is InChI=1S/C17H30N2O4/c1-17(2,3)7-6-8-18-13-14(16(21)15(13)20)19(9-11-22-4)10-12-23-5/h18H,6-12H2,1-5H3. The first-order valence-corrected chi connectivity index (χ1v) is 8.12. The largest absolute Gasteiger partial charge is 0.383 e. The van der Waals surface area contributed by atoms with Crippen LogP contribution in [0, 0.1) is 5.41 Å². The van der Waals surface area contributed by atoms with Gasteiger partial charge in [-0.3, -0.25) is 9.59 Å². The molecule has 0 saturated carbocycles. The van der Waals surface area contributed by atoms with Crippen LogP contribution >= 0.6 is 0 Å². The van der Waals surface area contributed by atoms with Crippen LogP contribution in [0.2, 0.25) is 0 Å². The minimum Gasteiger partial charge on any atom is -0.383 e. The lowest BCUT2D eigenvalue weighted by Gasteiger charge is -2.27. The summed E-state index contributed by atoms with van der Waals surface area (Å²) in [7, 11) is 3.23. The van der Waals surface area contributed by atoms with Crippen LogP contribution in [0.1, 0.15) is 33.6 Å². The molecule has 0 spiro atoms. The Hall–Kier alpha value is -1.40. The van der Waals surface area contributed by atoms with E-state index in [0.29, 0.717) is 44.2 Å². The summed E-state index contributed by atoms with van der Waals surface area (Å²) >= 11 is 0. The second-order valence-electron chi connectivity index (χ2n) is 6.95. The minimum absolute atomic E-state index is 0.265. The summed E-state index contributed by atoms with van der Waals surface area (Å²) in [5.74, 6) is 0. The molecule has 1 aromatic carbocycles. The Balaban J connectivity index is 2.71. The van der Waals surface area contributed by atoms with Crippen molar-refractivity contribution in [2.75, 3.05) is 57.3 Å². The summed E-state index contributed by atoms with van der Waals surface area (Å²) in [5, 5.41) is 3.14. The molecule has 0 aromatic heterocycles. The molecule has 0 radical (unpaired) electrons. The topological polar surface area (TPSA) is 67.9 Å². The molecule has 1 rings (SSSR count). The van der Waals surface area contributed by atoms with E-state index in [9.17, 15) is 9.59 Å². The molecule has 0 unspecified atom stereocenters. The van der Waals surface area contributed by atoms with Gasteiger partial charge in [-0.25, -0.2) is 0 Å². The smallest absolute Gasteiger partial charge is 0.253 e. The summed E-state index contributed by atoms with van der Waals surface area (Å²) in [6, 6.07) is 0. The molecule has 6 heteroatoms. The van der Waals surface area contributed by atoms with Gasteiger partial charge in [-0.2, -0.15) is 0 Å². The summed E-state index contributed by atoms with van der Waals surface area (Å²) in [6.45, 7) is 9.35. The lowest BCUT2D eigenvalue weighted by Crippen LogP contribution is -2.45. The number of rotatable bonds is 11. The monoisotopic (exact) mass is 326 g/mol. The van der Waals surface area contributed by atoms with E-state index < -0.39 is 10.9 Å². The van der Waals surface area contributed by atoms with Crippen LogP contribution < -0.4 is 21.1 Å². The molecule has 0 aliphatic rings. The van der Waals surface area contributed by atoms with Crippen LogP contribution in [0.15, 0.2) is 9.59 Å². The number of nitrogens with zero attached hydrogens (tertiary/aromatic N) is 1. The van der Waals surface area contributed by atoms with E-state index in [4.69, 9.17) is 9.47 Å². The normalized spacial score (nSPS) is 11.9. The first-order valence-electron chi connectivity index (χ1n) is 8.12. The van der Waals surface area contributed by atoms with Crippen LogP contribution in [0.5, 0.6) is 0 Å². The molecule has 0 aliphatic carbocycles. The molecule has 23 heavy (non-hydrogen) atoms. The number of hydrogen-bond donors (Lipinski definition) is 1. The molecule has 0 bridgehead atoms. The van der Waals surface area contributed by atoms with Crippen molar-refractivity contribution in [2.45, 2.75) is 33.6 Å². The quantitative estimate of drug-likeness (QED) is 0.492. The maximum absolute atomic E-state index is 12.0. The van der Waals surface area contributed by atoms with E-state index in [-0.39, 0.29) is 5.41 Å². The fraction of sp³-hybridized carbons (Fsp3) is 0.765. The molecular formula is C17H30N2O4. The van der Waals surface area contributed by atoms with Gasteiger partial charge in [0.25, 0.3) is 10.9 Å². The van der Waals surface area contributed by atoms with Crippen molar-refractivity contribution in [2.24, 2.45) is 5.41 Å². The molecule has 0 fully saturated rings. The molecule has 1 N–H and O–H groups in total. The summed E-state index contributed by atoms with van der Waals surface area (Å²) in [5.41, 5.74) is 0.337. The molecule has 0 aliphatic heterocycles. The van der Waals surface area contributed by atoms with Crippen molar-refractivity contribution in [1.29, 1.82) is 0 Å². The Kier molecular flexibility index (Phi) is 7.72. The van der Waals surface area contributed by atoms with Crippen molar-refractivity contribution in [3.05, 3.63) is 20.4 Å². The predicted molar refractivity (Wildman–Crippen MR) is 94.5 cm³/mol. The number of hydrogen-bond acceptors (Lipinski definition) is 6. The highest BCUT2D eigenvalue weighted by Crippen LogP contribution is 2.22. The van der Waals surface area contributed by atoms with E-state index in [1.54, 1.807) is 14.2 Å². The van der Waals surface area contributed by atoms with Gasteiger partial charge in [-0.15, -0.1) is 0 Å². The highest BCUT2D eigenvalue weighted by molar-refractivity contribution is 5.75. The minimum atomic E-state index is -0.421. The molecule has 0 heterocycles. The van der Waals surface area contributed by atoms with Crippen molar-refractivity contribution in [3.63, 3.8) is 0 Å². The second kappa shape index (κ2) is 9.03. The van der Waals surface area contributed by atoms with Gasteiger partial charge in [0.15, 0.2) is 0 Å². The fourth-order valence-electron chi connectivity index (χ4n) is 2.42. The SMILES string of the molecule is COCCN(CCOC)c1c(NCCCC(C)(C)C)c(=O)c1=O. The number of nitrogens with one attached hydrogen (secondary N) is 1.